The molecule has 0 radical (unpaired) electrons. The van der Waals surface area contributed by atoms with Gasteiger partial charge in [0.05, 0.1) is 0 Å². The predicted molar refractivity (Wildman–Crippen MR) is 71.1 cm³/mol. The topological polar surface area (TPSA) is 20.3 Å². The summed E-state index contributed by atoms with van der Waals surface area (Å²) >= 11 is 3.43. The van der Waals surface area contributed by atoms with Crippen LogP contribution < -0.4 is 0 Å². The SMILES string of the molecule is Cc1cc(F)cc(C(=O)N(C)CCC(C)Br)c1. The van der Waals surface area contributed by atoms with Crippen LogP contribution >= 0.6 is 15.9 Å². The smallest absolute Gasteiger partial charge is 0.253 e. The monoisotopic (exact) mass is 301 g/mol. The number of hydrogen-bond acceptors (Lipinski definition) is 1. The molecule has 0 aliphatic carbocycles. The third kappa shape index (κ3) is 4.46. The van der Waals surface area contributed by atoms with Crippen molar-refractivity contribution in [1.29, 1.82) is 0 Å². The van der Waals surface area contributed by atoms with Gasteiger partial charge >= 0.3 is 0 Å². The summed E-state index contributed by atoms with van der Waals surface area (Å²) < 4.78 is 13.2. The number of carbonyl (C=O) groups excluding carboxylic acids is 1. The van der Waals surface area contributed by atoms with Crippen molar-refractivity contribution in [3.05, 3.63) is 35.1 Å². The first-order valence-corrected chi connectivity index (χ1v) is 6.48. The molecule has 1 aromatic carbocycles. The number of aryl methyl sites for hydroxylation is 1. The van der Waals surface area contributed by atoms with Gasteiger partial charge in [-0.2, -0.15) is 0 Å². The minimum Gasteiger partial charge on any atom is -0.342 e. The Kier molecular flexibility index (Phi) is 5.12. The Morgan fingerprint density at radius 3 is 2.65 bits per heavy atom. The normalized spacial score (nSPS) is 12.3. The Morgan fingerprint density at radius 1 is 1.47 bits per heavy atom. The molecule has 0 aromatic heterocycles. The lowest BCUT2D eigenvalue weighted by Crippen LogP contribution is -2.28. The fourth-order valence-electron chi connectivity index (χ4n) is 1.55. The number of amides is 1. The average Bonchev–Trinajstić information content (AvgIpc) is 2.23. The molecular weight excluding hydrogens is 285 g/mol. The standard InChI is InChI=1S/C13H17BrFNO/c1-9-6-11(8-12(15)7-9)13(17)16(3)5-4-10(2)14/h6-8,10H,4-5H2,1-3H3. The Bertz CT molecular complexity index is 386. The minimum absolute atomic E-state index is 0.138. The molecule has 1 amide bonds. The van der Waals surface area contributed by atoms with Crippen molar-refractivity contribution in [3.8, 4) is 0 Å². The molecule has 0 saturated heterocycles. The third-order valence-electron chi connectivity index (χ3n) is 2.50. The molecule has 1 atom stereocenters. The van der Waals surface area contributed by atoms with E-state index in [1.807, 2.05) is 6.92 Å². The van der Waals surface area contributed by atoms with E-state index in [0.717, 1.165) is 12.0 Å². The van der Waals surface area contributed by atoms with Gasteiger partial charge in [0.25, 0.3) is 5.91 Å². The first-order valence-electron chi connectivity index (χ1n) is 5.57. The molecule has 1 rings (SSSR count). The molecule has 17 heavy (non-hydrogen) atoms. The lowest BCUT2D eigenvalue weighted by molar-refractivity contribution is 0.0793. The van der Waals surface area contributed by atoms with Gasteiger partial charge < -0.3 is 4.90 Å². The van der Waals surface area contributed by atoms with Crippen molar-refractivity contribution in [1.82, 2.24) is 4.90 Å². The summed E-state index contributed by atoms with van der Waals surface area (Å²) in [5.74, 6) is -0.503. The van der Waals surface area contributed by atoms with Crippen molar-refractivity contribution in [2.75, 3.05) is 13.6 Å². The number of rotatable bonds is 4. The zero-order chi connectivity index (χ0) is 13.0. The molecule has 2 nitrogen and oxygen atoms in total. The molecule has 0 aliphatic rings. The number of alkyl halides is 1. The zero-order valence-corrected chi connectivity index (χ0v) is 11.9. The summed E-state index contributed by atoms with van der Waals surface area (Å²) in [4.78, 5) is 14.0. The maximum absolute atomic E-state index is 13.2. The number of hydrogen-bond donors (Lipinski definition) is 0. The van der Waals surface area contributed by atoms with Crippen LogP contribution in [0.2, 0.25) is 0 Å². The summed E-state index contributed by atoms with van der Waals surface area (Å²) in [7, 11) is 1.73. The average molecular weight is 302 g/mol. The van der Waals surface area contributed by atoms with Crippen molar-refractivity contribution in [3.63, 3.8) is 0 Å². The molecule has 0 aliphatic heterocycles. The lowest BCUT2D eigenvalue weighted by Gasteiger charge is -2.18. The van der Waals surface area contributed by atoms with Gasteiger partial charge in [-0.3, -0.25) is 4.79 Å². The van der Waals surface area contributed by atoms with Crippen LogP contribution in [-0.4, -0.2) is 29.2 Å². The molecule has 0 spiro atoms. The van der Waals surface area contributed by atoms with Gasteiger partial charge in [-0.25, -0.2) is 4.39 Å². The van der Waals surface area contributed by atoms with Crippen molar-refractivity contribution in [2.24, 2.45) is 0 Å². The quantitative estimate of drug-likeness (QED) is 0.781. The van der Waals surface area contributed by atoms with Gasteiger partial charge in [0, 0.05) is 24.0 Å². The number of nitrogens with zero attached hydrogens (tertiary/aromatic N) is 1. The van der Waals surface area contributed by atoms with Gasteiger partial charge in [-0.15, -0.1) is 0 Å². The van der Waals surface area contributed by atoms with Crippen LogP contribution in [-0.2, 0) is 0 Å². The molecule has 0 N–H and O–H groups in total. The van der Waals surface area contributed by atoms with Crippen LogP contribution in [0.5, 0.6) is 0 Å². The number of halogens is 2. The van der Waals surface area contributed by atoms with Gasteiger partial charge in [0.2, 0.25) is 0 Å². The van der Waals surface area contributed by atoms with Crippen LogP contribution in [0.4, 0.5) is 4.39 Å². The Labute approximate surface area is 110 Å². The van der Waals surface area contributed by atoms with E-state index in [9.17, 15) is 9.18 Å². The highest BCUT2D eigenvalue weighted by atomic mass is 79.9. The van der Waals surface area contributed by atoms with E-state index in [2.05, 4.69) is 15.9 Å². The first kappa shape index (κ1) is 14.2. The van der Waals surface area contributed by atoms with Gasteiger partial charge in [-0.1, -0.05) is 22.9 Å². The minimum atomic E-state index is -0.365. The van der Waals surface area contributed by atoms with Crippen LogP contribution in [0, 0.1) is 12.7 Å². The van der Waals surface area contributed by atoms with E-state index in [4.69, 9.17) is 0 Å². The van der Waals surface area contributed by atoms with E-state index in [1.54, 1.807) is 24.9 Å². The molecule has 0 heterocycles. The summed E-state index contributed by atoms with van der Waals surface area (Å²) in [6.07, 6.45) is 0.872. The summed E-state index contributed by atoms with van der Waals surface area (Å²) in [5, 5.41) is 0. The number of benzene rings is 1. The van der Waals surface area contributed by atoms with E-state index >= 15 is 0 Å². The van der Waals surface area contributed by atoms with Crippen molar-refractivity contribution in [2.45, 2.75) is 25.1 Å². The molecule has 0 fully saturated rings. The molecule has 0 bridgehead atoms. The Hall–Kier alpha value is -0.900. The fraction of sp³-hybridized carbons (Fsp3) is 0.462. The van der Waals surface area contributed by atoms with E-state index < -0.39 is 0 Å². The molecular formula is C13H17BrFNO. The third-order valence-corrected chi connectivity index (χ3v) is 2.96. The van der Waals surface area contributed by atoms with Crippen molar-refractivity contribution >= 4 is 21.8 Å². The highest BCUT2D eigenvalue weighted by molar-refractivity contribution is 9.09. The van der Waals surface area contributed by atoms with E-state index in [0.29, 0.717) is 16.9 Å². The van der Waals surface area contributed by atoms with Gasteiger partial charge in [0.15, 0.2) is 0 Å². The summed E-state index contributed by atoms with van der Waals surface area (Å²) in [6, 6.07) is 4.40. The lowest BCUT2D eigenvalue weighted by atomic mass is 10.1. The van der Waals surface area contributed by atoms with Crippen LogP contribution in [0.25, 0.3) is 0 Å². The first-order chi connectivity index (χ1) is 7.90. The highest BCUT2D eigenvalue weighted by Crippen LogP contribution is 2.11. The largest absolute Gasteiger partial charge is 0.342 e. The zero-order valence-electron chi connectivity index (χ0n) is 10.3. The Morgan fingerprint density at radius 2 is 2.12 bits per heavy atom. The molecule has 0 saturated carbocycles. The maximum atomic E-state index is 13.2. The van der Waals surface area contributed by atoms with E-state index in [1.165, 1.54) is 12.1 Å². The molecule has 94 valence electrons. The van der Waals surface area contributed by atoms with Gasteiger partial charge in [0.1, 0.15) is 5.82 Å². The molecule has 4 heteroatoms. The summed E-state index contributed by atoms with van der Waals surface area (Å²) in [6.45, 7) is 4.46. The van der Waals surface area contributed by atoms with Crippen LogP contribution in [0.3, 0.4) is 0 Å². The maximum Gasteiger partial charge on any atom is 0.253 e. The second kappa shape index (κ2) is 6.15. The van der Waals surface area contributed by atoms with Crippen LogP contribution in [0.1, 0.15) is 29.3 Å². The second-order valence-electron chi connectivity index (χ2n) is 4.31. The van der Waals surface area contributed by atoms with Crippen molar-refractivity contribution < 1.29 is 9.18 Å². The Balaban J connectivity index is 2.74. The molecule has 1 unspecified atom stereocenters. The fourth-order valence-corrected chi connectivity index (χ4v) is 1.76. The second-order valence-corrected chi connectivity index (χ2v) is 5.88. The van der Waals surface area contributed by atoms with E-state index in [-0.39, 0.29) is 11.7 Å². The molecule has 1 aromatic rings. The predicted octanol–water partition coefficient (Wildman–Crippen LogP) is 3.38. The highest BCUT2D eigenvalue weighted by Gasteiger charge is 2.13. The summed E-state index contributed by atoms with van der Waals surface area (Å²) in [5.41, 5.74) is 1.17. The van der Waals surface area contributed by atoms with Crippen LogP contribution in [0.15, 0.2) is 18.2 Å². The number of carbonyl (C=O) groups is 1. The van der Waals surface area contributed by atoms with Gasteiger partial charge in [-0.05, 0) is 37.1 Å².